The van der Waals surface area contributed by atoms with E-state index in [9.17, 15) is 13.2 Å². The van der Waals surface area contributed by atoms with Crippen molar-refractivity contribution in [1.82, 2.24) is 15.3 Å². The monoisotopic (exact) mass is 327 g/mol. The summed E-state index contributed by atoms with van der Waals surface area (Å²) in [6, 6.07) is 1.51. The van der Waals surface area contributed by atoms with E-state index in [1.165, 1.54) is 17.7 Å². The van der Waals surface area contributed by atoms with Crippen LogP contribution >= 0.6 is 11.3 Å². The lowest BCUT2D eigenvalue weighted by Gasteiger charge is -2.11. The Kier molecular flexibility index (Phi) is 3.77. The molecule has 1 aliphatic heterocycles. The molecule has 0 radical (unpaired) electrons. The zero-order valence-corrected chi connectivity index (χ0v) is 12.6. The van der Waals surface area contributed by atoms with E-state index in [0.29, 0.717) is 12.3 Å². The van der Waals surface area contributed by atoms with Gasteiger partial charge in [0.15, 0.2) is 16.4 Å². The Balaban J connectivity index is 1.58. The SMILES string of the molecule is O=C(COc1ncnc2sccc12)N[C@@H]1CCS(=O)(=O)C1. The number of carbonyl (C=O) groups is 1. The molecule has 0 spiro atoms. The molecular formula is C12H13N3O4S2. The molecule has 9 heteroatoms. The molecular weight excluding hydrogens is 314 g/mol. The second kappa shape index (κ2) is 5.57. The molecule has 1 fully saturated rings. The van der Waals surface area contributed by atoms with Crippen LogP contribution in [0.15, 0.2) is 17.8 Å². The summed E-state index contributed by atoms with van der Waals surface area (Å²) in [6.07, 6.45) is 1.84. The number of nitrogens with zero attached hydrogens (tertiary/aromatic N) is 2. The predicted octanol–water partition coefficient (Wildman–Crippen LogP) is 0.373. The number of aromatic nitrogens is 2. The second-order valence-corrected chi connectivity index (χ2v) is 7.90. The third-order valence-electron chi connectivity index (χ3n) is 3.16. The highest BCUT2D eigenvalue weighted by molar-refractivity contribution is 7.91. The van der Waals surface area contributed by atoms with E-state index in [-0.39, 0.29) is 30.1 Å². The minimum atomic E-state index is -3.00. The van der Waals surface area contributed by atoms with E-state index in [1.807, 2.05) is 11.4 Å². The average Bonchev–Trinajstić information content (AvgIpc) is 3.03. The van der Waals surface area contributed by atoms with Crippen LogP contribution in [-0.4, -0.2) is 48.4 Å². The Bertz CT molecular complexity index is 772. The number of hydrogen-bond donors (Lipinski definition) is 1. The third kappa shape index (κ3) is 3.30. The highest BCUT2D eigenvalue weighted by atomic mass is 32.2. The molecule has 1 amide bonds. The average molecular weight is 327 g/mol. The Morgan fingerprint density at radius 2 is 2.33 bits per heavy atom. The summed E-state index contributed by atoms with van der Waals surface area (Å²) in [6.45, 7) is -0.196. The zero-order chi connectivity index (χ0) is 14.9. The molecule has 21 heavy (non-hydrogen) atoms. The normalized spacial score (nSPS) is 20.5. The topological polar surface area (TPSA) is 98.2 Å². The summed E-state index contributed by atoms with van der Waals surface area (Å²) < 4.78 is 28.0. The van der Waals surface area contributed by atoms with Crippen LogP contribution in [0.4, 0.5) is 0 Å². The van der Waals surface area contributed by atoms with E-state index in [1.54, 1.807) is 0 Å². The number of amides is 1. The smallest absolute Gasteiger partial charge is 0.258 e. The van der Waals surface area contributed by atoms with Crippen molar-refractivity contribution >= 4 is 37.3 Å². The quantitative estimate of drug-likeness (QED) is 0.871. The maximum atomic E-state index is 11.8. The first-order valence-corrected chi connectivity index (χ1v) is 9.04. The van der Waals surface area contributed by atoms with Crippen molar-refractivity contribution in [2.75, 3.05) is 18.1 Å². The van der Waals surface area contributed by atoms with Crippen LogP contribution in [0.1, 0.15) is 6.42 Å². The molecule has 2 aromatic rings. The minimum Gasteiger partial charge on any atom is -0.467 e. The summed E-state index contributed by atoms with van der Waals surface area (Å²) in [4.78, 5) is 20.7. The fourth-order valence-corrected chi connectivity index (χ4v) is 4.59. The van der Waals surface area contributed by atoms with E-state index in [2.05, 4.69) is 15.3 Å². The molecule has 0 unspecified atom stereocenters. The zero-order valence-electron chi connectivity index (χ0n) is 11.0. The Morgan fingerprint density at radius 3 is 3.10 bits per heavy atom. The van der Waals surface area contributed by atoms with Crippen LogP contribution in [0, 0.1) is 0 Å². The Labute approximate surface area is 125 Å². The predicted molar refractivity (Wildman–Crippen MR) is 78.1 cm³/mol. The van der Waals surface area contributed by atoms with E-state index in [0.717, 1.165) is 10.2 Å². The minimum absolute atomic E-state index is 0.00101. The largest absolute Gasteiger partial charge is 0.467 e. The van der Waals surface area contributed by atoms with Gasteiger partial charge in [-0.05, 0) is 17.9 Å². The number of nitrogens with one attached hydrogen (secondary N) is 1. The van der Waals surface area contributed by atoms with Crippen molar-refractivity contribution in [3.8, 4) is 5.88 Å². The van der Waals surface area contributed by atoms with Crippen molar-refractivity contribution in [1.29, 1.82) is 0 Å². The van der Waals surface area contributed by atoms with Gasteiger partial charge in [-0.25, -0.2) is 18.4 Å². The molecule has 1 saturated heterocycles. The van der Waals surface area contributed by atoms with Gasteiger partial charge in [-0.15, -0.1) is 11.3 Å². The van der Waals surface area contributed by atoms with E-state index < -0.39 is 9.84 Å². The lowest BCUT2D eigenvalue weighted by atomic mass is 10.2. The molecule has 0 aliphatic carbocycles. The fourth-order valence-electron chi connectivity index (χ4n) is 2.19. The molecule has 0 bridgehead atoms. The number of rotatable bonds is 4. The van der Waals surface area contributed by atoms with Gasteiger partial charge in [0.25, 0.3) is 5.91 Å². The van der Waals surface area contributed by atoms with Crippen LogP contribution in [0.25, 0.3) is 10.2 Å². The summed E-state index contributed by atoms with van der Waals surface area (Å²) in [5.74, 6) is 0.135. The maximum Gasteiger partial charge on any atom is 0.258 e. The van der Waals surface area contributed by atoms with E-state index in [4.69, 9.17) is 4.74 Å². The Hall–Kier alpha value is -1.74. The maximum absolute atomic E-state index is 11.8. The van der Waals surface area contributed by atoms with Gasteiger partial charge < -0.3 is 10.1 Å². The van der Waals surface area contributed by atoms with Crippen molar-refractivity contribution in [3.63, 3.8) is 0 Å². The van der Waals surface area contributed by atoms with Gasteiger partial charge in [0.2, 0.25) is 5.88 Å². The lowest BCUT2D eigenvalue weighted by Crippen LogP contribution is -2.38. The van der Waals surface area contributed by atoms with Crippen molar-refractivity contribution in [3.05, 3.63) is 17.8 Å². The molecule has 1 atom stereocenters. The standard InChI is InChI=1S/C12H13N3O4S2/c16-10(15-8-2-4-21(17,18)6-8)5-19-11-9-1-3-20-12(9)14-7-13-11/h1,3,7-8H,2,4-6H2,(H,15,16)/t8-/m1/s1. The lowest BCUT2D eigenvalue weighted by molar-refractivity contribution is -0.123. The first-order chi connectivity index (χ1) is 10.0. The van der Waals surface area contributed by atoms with Gasteiger partial charge in [-0.3, -0.25) is 4.79 Å². The van der Waals surface area contributed by atoms with Crippen LogP contribution in [0.5, 0.6) is 5.88 Å². The summed E-state index contributed by atoms with van der Waals surface area (Å²) in [5, 5.41) is 5.30. The molecule has 1 aliphatic rings. The number of carbonyl (C=O) groups excluding carboxylic acids is 1. The fraction of sp³-hybridized carbons (Fsp3) is 0.417. The number of thiophene rings is 1. The third-order valence-corrected chi connectivity index (χ3v) is 5.75. The molecule has 1 N–H and O–H groups in total. The number of hydrogen-bond acceptors (Lipinski definition) is 7. The van der Waals surface area contributed by atoms with Gasteiger partial charge in [0.1, 0.15) is 11.2 Å². The first kappa shape index (κ1) is 14.2. The first-order valence-electron chi connectivity index (χ1n) is 6.34. The highest BCUT2D eigenvalue weighted by Gasteiger charge is 2.28. The molecule has 0 saturated carbocycles. The molecule has 7 nitrogen and oxygen atoms in total. The summed E-state index contributed by atoms with van der Waals surface area (Å²) in [7, 11) is -3.00. The number of fused-ring (bicyclic) bond motifs is 1. The molecule has 0 aromatic carbocycles. The second-order valence-electron chi connectivity index (χ2n) is 4.77. The summed E-state index contributed by atoms with van der Waals surface area (Å²) >= 11 is 1.46. The molecule has 3 rings (SSSR count). The van der Waals surface area contributed by atoms with E-state index >= 15 is 0 Å². The summed E-state index contributed by atoms with van der Waals surface area (Å²) in [5.41, 5.74) is 0. The van der Waals surface area contributed by atoms with Crippen molar-refractivity contribution in [2.45, 2.75) is 12.5 Å². The van der Waals surface area contributed by atoms with Gasteiger partial charge in [0, 0.05) is 6.04 Å². The van der Waals surface area contributed by atoms with Crippen molar-refractivity contribution < 1.29 is 17.9 Å². The van der Waals surface area contributed by atoms with Crippen LogP contribution in [0.2, 0.25) is 0 Å². The van der Waals surface area contributed by atoms with Gasteiger partial charge in [0.05, 0.1) is 16.9 Å². The van der Waals surface area contributed by atoms with Gasteiger partial charge >= 0.3 is 0 Å². The van der Waals surface area contributed by atoms with Crippen LogP contribution < -0.4 is 10.1 Å². The van der Waals surface area contributed by atoms with Crippen LogP contribution in [-0.2, 0) is 14.6 Å². The molecule has 2 aromatic heterocycles. The number of ether oxygens (including phenoxy) is 1. The van der Waals surface area contributed by atoms with Gasteiger partial charge in [-0.2, -0.15) is 0 Å². The Morgan fingerprint density at radius 1 is 1.48 bits per heavy atom. The highest BCUT2D eigenvalue weighted by Crippen LogP contribution is 2.25. The van der Waals surface area contributed by atoms with Crippen molar-refractivity contribution in [2.24, 2.45) is 0 Å². The molecule has 112 valence electrons. The molecule has 3 heterocycles. The number of sulfone groups is 1. The van der Waals surface area contributed by atoms with Gasteiger partial charge in [-0.1, -0.05) is 0 Å². The van der Waals surface area contributed by atoms with Crippen LogP contribution in [0.3, 0.4) is 0 Å².